The molecule has 0 aromatic carbocycles. The summed E-state index contributed by atoms with van der Waals surface area (Å²) in [6, 6.07) is -0.377. The van der Waals surface area contributed by atoms with Gasteiger partial charge in [0, 0.05) is 6.54 Å². The first-order valence-electron chi connectivity index (χ1n) is 4.63. The Hall–Kier alpha value is -0.570. The number of rotatable bonds is 4. The fourth-order valence-electron chi connectivity index (χ4n) is 1.27. The van der Waals surface area contributed by atoms with Gasteiger partial charge in [0.05, 0.1) is 6.04 Å². The van der Waals surface area contributed by atoms with E-state index in [1.807, 2.05) is 0 Å². The lowest BCUT2D eigenvalue weighted by Crippen LogP contribution is -2.40. The fraction of sp³-hybridized carbons (Fsp3) is 0.889. The molecule has 3 heteroatoms. The number of nitrogens with two attached hydrogens (primary N) is 1. The summed E-state index contributed by atoms with van der Waals surface area (Å²) in [5.41, 5.74) is 5.84. The van der Waals surface area contributed by atoms with E-state index < -0.39 is 0 Å². The van der Waals surface area contributed by atoms with Crippen molar-refractivity contribution in [1.82, 2.24) is 5.32 Å². The van der Waals surface area contributed by atoms with Crippen LogP contribution in [0.3, 0.4) is 0 Å². The van der Waals surface area contributed by atoms with Crippen molar-refractivity contribution in [3.8, 4) is 0 Å². The molecular weight excluding hydrogens is 152 g/mol. The van der Waals surface area contributed by atoms with Gasteiger partial charge in [0.1, 0.15) is 0 Å². The van der Waals surface area contributed by atoms with Gasteiger partial charge in [-0.25, -0.2) is 0 Å². The van der Waals surface area contributed by atoms with Crippen molar-refractivity contribution in [2.75, 3.05) is 6.54 Å². The Balaban J connectivity index is 2.21. The highest BCUT2D eigenvalue weighted by Gasteiger charge is 2.40. The molecule has 12 heavy (non-hydrogen) atoms. The molecule has 70 valence electrons. The summed E-state index contributed by atoms with van der Waals surface area (Å²) in [5, 5.41) is 2.87. The van der Waals surface area contributed by atoms with Gasteiger partial charge in [-0.15, -0.1) is 0 Å². The molecule has 0 heterocycles. The second kappa shape index (κ2) is 3.44. The maximum absolute atomic E-state index is 11.1. The van der Waals surface area contributed by atoms with Crippen molar-refractivity contribution in [1.29, 1.82) is 0 Å². The van der Waals surface area contributed by atoms with Crippen LogP contribution in [0.5, 0.6) is 0 Å². The number of amides is 1. The molecule has 0 unspecified atom stereocenters. The molecule has 1 fully saturated rings. The molecule has 1 aliphatic rings. The van der Waals surface area contributed by atoms with E-state index in [4.69, 9.17) is 5.73 Å². The largest absolute Gasteiger partial charge is 0.354 e. The normalized spacial score (nSPS) is 21.6. The average molecular weight is 170 g/mol. The molecule has 0 aliphatic heterocycles. The SMILES string of the molecule is CCC1(CNC(=O)[C@H](C)N)CC1. The van der Waals surface area contributed by atoms with Gasteiger partial charge < -0.3 is 11.1 Å². The predicted octanol–water partition coefficient (Wildman–Crippen LogP) is 0.640. The van der Waals surface area contributed by atoms with E-state index in [9.17, 15) is 4.79 Å². The third kappa shape index (κ3) is 2.21. The summed E-state index contributed by atoms with van der Waals surface area (Å²) >= 11 is 0. The minimum Gasteiger partial charge on any atom is -0.354 e. The predicted molar refractivity (Wildman–Crippen MR) is 48.6 cm³/mol. The van der Waals surface area contributed by atoms with E-state index in [-0.39, 0.29) is 11.9 Å². The average Bonchev–Trinajstić information content (AvgIpc) is 2.81. The van der Waals surface area contributed by atoms with E-state index in [1.165, 1.54) is 12.8 Å². The van der Waals surface area contributed by atoms with Crippen molar-refractivity contribution >= 4 is 5.91 Å². The van der Waals surface area contributed by atoms with Gasteiger partial charge in [-0.05, 0) is 31.6 Å². The van der Waals surface area contributed by atoms with Gasteiger partial charge in [-0.1, -0.05) is 6.92 Å². The summed E-state index contributed by atoms with van der Waals surface area (Å²) in [6.07, 6.45) is 3.66. The molecular formula is C9H18N2O. The molecule has 0 radical (unpaired) electrons. The van der Waals surface area contributed by atoms with Crippen LogP contribution in [0.2, 0.25) is 0 Å². The smallest absolute Gasteiger partial charge is 0.236 e. The third-order valence-electron chi connectivity index (χ3n) is 2.76. The zero-order chi connectivity index (χ0) is 9.19. The Morgan fingerprint density at radius 3 is 2.58 bits per heavy atom. The molecule has 0 aromatic rings. The van der Waals surface area contributed by atoms with Crippen LogP contribution in [0.25, 0.3) is 0 Å². The molecule has 1 rings (SSSR count). The second-order valence-electron chi connectivity index (χ2n) is 3.86. The lowest BCUT2D eigenvalue weighted by atomic mass is 10.0. The Bertz CT molecular complexity index is 173. The standard InChI is InChI=1S/C9H18N2O/c1-3-9(4-5-9)6-11-8(12)7(2)10/h7H,3-6,10H2,1-2H3,(H,11,12)/t7-/m0/s1. The zero-order valence-corrected chi connectivity index (χ0v) is 7.89. The van der Waals surface area contributed by atoms with E-state index in [2.05, 4.69) is 12.2 Å². The summed E-state index contributed by atoms with van der Waals surface area (Å²) in [6.45, 7) is 4.69. The number of carbonyl (C=O) groups is 1. The molecule has 3 N–H and O–H groups in total. The van der Waals surface area contributed by atoms with E-state index in [0.717, 1.165) is 13.0 Å². The number of hydrogen-bond donors (Lipinski definition) is 2. The highest BCUT2D eigenvalue weighted by Crippen LogP contribution is 2.47. The Kier molecular flexibility index (Phi) is 2.73. The first-order chi connectivity index (χ1) is 5.59. The summed E-state index contributed by atoms with van der Waals surface area (Å²) in [4.78, 5) is 11.1. The molecule has 1 saturated carbocycles. The van der Waals surface area contributed by atoms with E-state index in [0.29, 0.717) is 5.41 Å². The number of nitrogens with one attached hydrogen (secondary N) is 1. The number of hydrogen-bond acceptors (Lipinski definition) is 2. The van der Waals surface area contributed by atoms with Crippen LogP contribution < -0.4 is 11.1 Å². The van der Waals surface area contributed by atoms with Crippen LogP contribution >= 0.6 is 0 Å². The molecule has 1 atom stereocenters. The zero-order valence-electron chi connectivity index (χ0n) is 7.89. The van der Waals surface area contributed by atoms with Gasteiger partial charge in [-0.2, -0.15) is 0 Å². The molecule has 0 spiro atoms. The van der Waals surface area contributed by atoms with Crippen LogP contribution in [0.1, 0.15) is 33.1 Å². The van der Waals surface area contributed by atoms with Crippen LogP contribution in [-0.2, 0) is 4.79 Å². The Morgan fingerprint density at radius 2 is 2.25 bits per heavy atom. The minimum absolute atomic E-state index is 0.0327. The summed E-state index contributed by atoms with van der Waals surface area (Å²) < 4.78 is 0. The molecule has 1 amide bonds. The Morgan fingerprint density at radius 1 is 1.67 bits per heavy atom. The van der Waals surface area contributed by atoms with Crippen molar-refractivity contribution < 1.29 is 4.79 Å². The fourth-order valence-corrected chi connectivity index (χ4v) is 1.27. The quantitative estimate of drug-likeness (QED) is 0.650. The van der Waals surface area contributed by atoms with Crippen molar-refractivity contribution in [2.45, 2.75) is 39.2 Å². The highest BCUT2D eigenvalue weighted by molar-refractivity contribution is 5.81. The second-order valence-corrected chi connectivity index (χ2v) is 3.86. The van der Waals surface area contributed by atoms with Crippen molar-refractivity contribution in [3.63, 3.8) is 0 Å². The van der Waals surface area contributed by atoms with Crippen LogP contribution in [-0.4, -0.2) is 18.5 Å². The van der Waals surface area contributed by atoms with Crippen LogP contribution in [0.4, 0.5) is 0 Å². The van der Waals surface area contributed by atoms with Gasteiger partial charge in [0.2, 0.25) is 5.91 Å². The van der Waals surface area contributed by atoms with Gasteiger partial charge in [0.15, 0.2) is 0 Å². The summed E-state index contributed by atoms with van der Waals surface area (Å²) in [7, 11) is 0. The van der Waals surface area contributed by atoms with Crippen LogP contribution in [0.15, 0.2) is 0 Å². The summed E-state index contributed by atoms with van der Waals surface area (Å²) in [5.74, 6) is -0.0327. The maximum Gasteiger partial charge on any atom is 0.236 e. The molecule has 0 aromatic heterocycles. The van der Waals surface area contributed by atoms with E-state index >= 15 is 0 Å². The van der Waals surface area contributed by atoms with Crippen LogP contribution in [0, 0.1) is 5.41 Å². The lowest BCUT2D eigenvalue weighted by molar-refractivity contribution is -0.122. The van der Waals surface area contributed by atoms with Gasteiger partial charge in [-0.3, -0.25) is 4.79 Å². The highest BCUT2D eigenvalue weighted by atomic mass is 16.2. The van der Waals surface area contributed by atoms with Crippen molar-refractivity contribution in [3.05, 3.63) is 0 Å². The molecule has 1 aliphatic carbocycles. The lowest BCUT2D eigenvalue weighted by Gasteiger charge is -2.14. The van der Waals surface area contributed by atoms with Crippen molar-refractivity contribution in [2.24, 2.45) is 11.1 Å². The van der Waals surface area contributed by atoms with E-state index in [1.54, 1.807) is 6.92 Å². The molecule has 0 bridgehead atoms. The minimum atomic E-state index is -0.377. The first-order valence-corrected chi connectivity index (χ1v) is 4.63. The molecule has 3 nitrogen and oxygen atoms in total. The van der Waals surface area contributed by atoms with Gasteiger partial charge >= 0.3 is 0 Å². The topological polar surface area (TPSA) is 55.1 Å². The Labute approximate surface area is 73.7 Å². The molecule has 0 saturated heterocycles. The monoisotopic (exact) mass is 170 g/mol. The van der Waals surface area contributed by atoms with Gasteiger partial charge in [0.25, 0.3) is 0 Å². The maximum atomic E-state index is 11.1. The third-order valence-corrected chi connectivity index (χ3v) is 2.76. The first kappa shape index (κ1) is 9.52. The number of carbonyl (C=O) groups excluding carboxylic acids is 1.